The first kappa shape index (κ1) is 17.9. The molecular weight excluding hydrogens is 308 g/mol. The highest BCUT2D eigenvalue weighted by Crippen LogP contribution is 2.35. The Morgan fingerprint density at radius 1 is 1.22 bits per heavy atom. The molecule has 0 radical (unpaired) electrons. The van der Waals surface area contributed by atoms with Gasteiger partial charge in [-0.05, 0) is 38.3 Å². The molecule has 0 saturated carbocycles. The average Bonchev–Trinajstić information content (AvgIpc) is 2.91. The van der Waals surface area contributed by atoms with Gasteiger partial charge in [-0.1, -0.05) is 32.0 Å². The maximum Gasteiger partial charge on any atom is 0.255 e. The van der Waals surface area contributed by atoms with E-state index in [1.807, 2.05) is 45.0 Å². The molecule has 1 aromatic rings. The molecule has 4 nitrogen and oxygen atoms in total. The average molecular weight is 334 g/mol. The number of carbonyl (C=O) groups is 2. The molecule has 2 unspecified atom stereocenters. The zero-order valence-corrected chi connectivity index (χ0v) is 15.3. The molecule has 1 N–H and O–H groups in total. The lowest BCUT2D eigenvalue weighted by Gasteiger charge is -2.31. The number of hydrogen-bond donors (Lipinski definition) is 1. The van der Waals surface area contributed by atoms with Gasteiger partial charge < -0.3 is 10.2 Å². The SMILES string of the molecule is Cc1ccccc1C(=O)N1C(C(=O)NC(C)C)CSC1C(C)C. The van der Waals surface area contributed by atoms with E-state index < -0.39 is 6.04 Å². The second-order valence-corrected chi connectivity index (χ2v) is 7.82. The Labute approximate surface area is 143 Å². The van der Waals surface area contributed by atoms with E-state index in [1.54, 1.807) is 16.7 Å². The predicted octanol–water partition coefficient (Wildman–Crippen LogP) is 3.06. The number of aryl methyl sites for hydroxylation is 1. The van der Waals surface area contributed by atoms with Gasteiger partial charge in [0.05, 0.1) is 5.37 Å². The van der Waals surface area contributed by atoms with Gasteiger partial charge in [-0.25, -0.2) is 0 Å². The van der Waals surface area contributed by atoms with E-state index >= 15 is 0 Å². The van der Waals surface area contributed by atoms with Crippen LogP contribution in [-0.4, -0.2) is 39.9 Å². The lowest BCUT2D eigenvalue weighted by atomic mass is 10.0. The summed E-state index contributed by atoms with van der Waals surface area (Å²) in [6.45, 7) is 10.0. The van der Waals surface area contributed by atoms with Gasteiger partial charge >= 0.3 is 0 Å². The van der Waals surface area contributed by atoms with Crippen LogP contribution in [0.15, 0.2) is 24.3 Å². The van der Waals surface area contributed by atoms with Crippen LogP contribution in [0.1, 0.15) is 43.6 Å². The summed E-state index contributed by atoms with van der Waals surface area (Å²) in [7, 11) is 0. The zero-order valence-electron chi connectivity index (χ0n) is 14.5. The van der Waals surface area contributed by atoms with Gasteiger partial charge in [0.2, 0.25) is 5.91 Å². The van der Waals surface area contributed by atoms with Crippen LogP contribution in [0.3, 0.4) is 0 Å². The van der Waals surface area contributed by atoms with Crippen molar-refractivity contribution in [2.24, 2.45) is 5.92 Å². The van der Waals surface area contributed by atoms with E-state index in [4.69, 9.17) is 0 Å². The van der Waals surface area contributed by atoms with Gasteiger partial charge in [0.25, 0.3) is 5.91 Å². The number of carbonyl (C=O) groups excluding carboxylic acids is 2. The highest BCUT2D eigenvalue weighted by molar-refractivity contribution is 8.00. The summed E-state index contributed by atoms with van der Waals surface area (Å²) in [5, 5.41) is 2.98. The largest absolute Gasteiger partial charge is 0.352 e. The van der Waals surface area contributed by atoms with Crippen LogP contribution < -0.4 is 5.32 Å². The number of thioether (sulfide) groups is 1. The lowest BCUT2D eigenvalue weighted by Crippen LogP contribution is -2.52. The Morgan fingerprint density at radius 2 is 1.87 bits per heavy atom. The summed E-state index contributed by atoms with van der Waals surface area (Å²) in [6, 6.07) is 7.24. The second-order valence-electron chi connectivity index (χ2n) is 6.67. The zero-order chi connectivity index (χ0) is 17.1. The van der Waals surface area contributed by atoms with Crippen LogP contribution in [0.2, 0.25) is 0 Å². The fourth-order valence-electron chi connectivity index (χ4n) is 2.83. The van der Waals surface area contributed by atoms with Crippen LogP contribution in [0, 0.1) is 12.8 Å². The molecule has 23 heavy (non-hydrogen) atoms. The summed E-state index contributed by atoms with van der Waals surface area (Å²) in [5.41, 5.74) is 1.63. The first-order valence-corrected chi connectivity index (χ1v) is 9.18. The van der Waals surface area contributed by atoms with E-state index in [9.17, 15) is 9.59 Å². The molecule has 2 rings (SSSR count). The van der Waals surface area contributed by atoms with Crippen LogP contribution in [-0.2, 0) is 4.79 Å². The van der Waals surface area contributed by atoms with Gasteiger partial charge in [0.1, 0.15) is 6.04 Å². The molecule has 2 atom stereocenters. The molecule has 1 aliphatic heterocycles. The molecule has 1 fully saturated rings. The molecule has 126 valence electrons. The van der Waals surface area contributed by atoms with Crippen LogP contribution >= 0.6 is 11.8 Å². The van der Waals surface area contributed by atoms with Gasteiger partial charge in [0, 0.05) is 17.4 Å². The summed E-state index contributed by atoms with van der Waals surface area (Å²) in [5.74, 6) is 0.844. The van der Waals surface area contributed by atoms with E-state index in [1.165, 1.54) is 0 Å². The van der Waals surface area contributed by atoms with Crippen molar-refractivity contribution >= 4 is 23.6 Å². The number of rotatable bonds is 4. The standard InChI is InChI=1S/C18H26N2O2S/c1-11(2)18-20(15(10-23-18)16(21)19-12(3)4)17(22)14-9-7-6-8-13(14)5/h6-9,11-12,15,18H,10H2,1-5H3,(H,19,21). The molecule has 0 aliphatic carbocycles. The van der Waals surface area contributed by atoms with Crippen molar-refractivity contribution in [3.8, 4) is 0 Å². The molecule has 1 heterocycles. The van der Waals surface area contributed by atoms with Gasteiger partial charge in [-0.3, -0.25) is 9.59 Å². The maximum atomic E-state index is 13.1. The maximum absolute atomic E-state index is 13.1. The molecule has 5 heteroatoms. The van der Waals surface area contributed by atoms with E-state index in [-0.39, 0.29) is 23.2 Å². The third kappa shape index (κ3) is 3.89. The van der Waals surface area contributed by atoms with Crippen molar-refractivity contribution in [2.45, 2.75) is 52.1 Å². The Balaban J connectivity index is 2.33. The van der Waals surface area contributed by atoms with Crippen molar-refractivity contribution in [3.05, 3.63) is 35.4 Å². The third-order valence-electron chi connectivity index (χ3n) is 3.95. The molecule has 2 amide bonds. The van der Waals surface area contributed by atoms with Crippen LogP contribution in [0.25, 0.3) is 0 Å². The molecule has 0 bridgehead atoms. The normalized spacial score (nSPS) is 21.1. The predicted molar refractivity (Wildman–Crippen MR) is 95.5 cm³/mol. The molecule has 0 spiro atoms. The topological polar surface area (TPSA) is 49.4 Å². The highest BCUT2D eigenvalue weighted by atomic mass is 32.2. The number of nitrogens with zero attached hydrogens (tertiary/aromatic N) is 1. The Hall–Kier alpha value is -1.49. The summed E-state index contributed by atoms with van der Waals surface area (Å²) >= 11 is 1.70. The molecule has 0 aromatic heterocycles. The van der Waals surface area contributed by atoms with Crippen molar-refractivity contribution in [1.29, 1.82) is 0 Å². The van der Waals surface area contributed by atoms with E-state index in [0.29, 0.717) is 17.2 Å². The summed E-state index contributed by atoms with van der Waals surface area (Å²) in [6.07, 6.45) is 0. The number of nitrogens with one attached hydrogen (secondary N) is 1. The van der Waals surface area contributed by atoms with Crippen molar-refractivity contribution in [3.63, 3.8) is 0 Å². The number of hydrogen-bond acceptors (Lipinski definition) is 3. The molecule has 1 aliphatic rings. The number of benzene rings is 1. The van der Waals surface area contributed by atoms with Gasteiger partial charge in [-0.15, -0.1) is 11.8 Å². The quantitative estimate of drug-likeness (QED) is 0.921. The van der Waals surface area contributed by atoms with E-state index in [2.05, 4.69) is 19.2 Å². The Bertz CT molecular complexity index is 586. The molecular formula is C18H26N2O2S. The van der Waals surface area contributed by atoms with Crippen molar-refractivity contribution < 1.29 is 9.59 Å². The van der Waals surface area contributed by atoms with Crippen molar-refractivity contribution in [2.75, 3.05) is 5.75 Å². The summed E-state index contributed by atoms with van der Waals surface area (Å²) < 4.78 is 0. The smallest absolute Gasteiger partial charge is 0.255 e. The minimum atomic E-state index is -0.401. The minimum Gasteiger partial charge on any atom is -0.352 e. The van der Waals surface area contributed by atoms with E-state index in [0.717, 1.165) is 5.56 Å². The number of amides is 2. The monoisotopic (exact) mass is 334 g/mol. The third-order valence-corrected chi connectivity index (χ3v) is 5.57. The summed E-state index contributed by atoms with van der Waals surface area (Å²) in [4.78, 5) is 27.4. The Kier molecular flexibility index (Phi) is 5.74. The minimum absolute atomic E-state index is 0.0324. The first-order chi connectivity index (χ1) is 10.8. The first-order valence-electron chi connectivity index (χ1n) is 8.13. The second kappa shape index (κ2) is 7.39. The molecule has 1 saturated heterocycles. The molecule has 1 aromatic carbocycles. The highest BCUT2D eigenvalue weighted by Gasteiger charge is 2.43. The Morgan fingerprint density at radius 3 is 2.43 bits per heavy atom. The lowest BCUT2D eigenvalue weighted by molar-refractivity contribution is -0.125. The fourth-order valence-corrected chi connectivity index (χ4v) is 4.31. The van der Waals surface area contributed by atoms with Crippen molar-refractivity contribution in [1.82, 2.24) is 10.2 Å². The van der Waals surface area contributed by atoms with Crippen LogP contribution in [0.5, 0.6) is 0 Å². The fraction of sp³-hybridized carbons (Fsp3) is 0.556. The van der Waals surface area contributed by atoms with Crippen LogP contribution in [0.4, 0.5) is 0 Å². The van der Waals surface area contributed by atoms with Gasteiger partial charge in [-0.2, -0.15) is 0 Å². The van der Waals surface area contributed by atoms with Gasteiger partial charge in [0.15, 0.2) is 0 Å².